The second kappa shape index (κ2) is 7.70. The van der Waals surface area contributed by atoms with Crippen LogP contribution in [0.15, 0.2) is 59.4 Å². The van der Waals surface area contributed by atoms with Crippen molar-refractivity contribution in [1.29, 1.82) is 0 Å². The Labute approximate surface area is 158 Å². The van der Waals surface area contributed by atoms with Crippen LogP contribution < -0.4 is 10.9 Å². The average Bonchev–Trinajstić information content (AvgIpc) is 2.68. The molecule has 3 aromatic rings. The molecule has 1 aromatic heterocycles. The van der Waals surface area contributed by atoms with Crippen LogP contribution in [-0.4, -0.2) is 27.9 Å². The van der Waals surface area contributed by atoms with Gasteiger partial charge in [-0.2, -0.15) is 0 Å². The van der Waals surface area contributed by atoms with Gasteiger partial charge in [-0.15, -0.1) is 0 Å². The normalized spacial score (nSPS) is 11.6. The Bertz CT molecular complexity index is 1120. The fourth-order valence-corrected chi connectivity index (χ4v) is 2.51. The molecular formula is C19H15N3O6. The molecule has 9 nitrogen and oxygen atoms in total. The summed E-state index contributed by atoms with van der Waals surface area (Å²) < 4.78 is 5.11. The third-order valence-electron chi connectivity index (χ3n) is 3.97. The predicted octanol–water partition coefficient (Wildman–Crippen LogP) is 2.62. The number of carbonyl (C=O) groups is 2. The first-order valence-electron chi connectivity index (χ1n) is 8.23. The number of nitrogens with one attached hydrogen (secondary N) is 2. The van der Waals surface area contributed by atoms with Crippen molar-refractivity contribution >= 4 is 34.0 Å². The molecule has 0 aliphatic carbocycles. The summed E-state index contributed by atoms with van der Waals surface area (Å²) in [5.74, 6) is -1.47. The third-order valence-corrected chi connectivity index (χ3v) is 3.97. The Kier molecular flexibility index (Phi) is 5.16. The van der Waals surface area contributed by atoms with Crippen LogP contribution in [0.1, 0.15) is 17.4 Å². The molecule has 0 saturated carbocycles. The standard InChI is InChI=1S/C19H15N3O6/c1-11(17(23)20-13-6-8-14(9-7-13)22(26)27)28-19(25)16-10-12-4-2-3-5-15(12)18(24)21-16/h2-11H,1H3,(H,20,23)(H,21,24). The quantitative estimate of drug-likeness (QED) is 0.397. The highest BCUT2D eigenvalue weighted by atomic mass is 16.6. The number of ether oxygens (including phenoxy) is 1. The number of nitro benzene ring substituents is 1. The van der Waals surface area contributed by atoms with E-state index in [1.54, 1.807) is 24.3 Å². The molecule has 0 saturated heterocycles. The fraction of sp³-hybridized carbons (Fsp3) is 0.105. The second-order valence-electron chi connectivity index (χ2n) is 5.94. The lowest BCUT2D eigenvalue weighted by atomic mass is 10.1. The first kappa shape index (κ1) is 18.8. The van der Waals surface area contributed by atoms with Crippen LogP contribution in [-0.2, 0) is 9.53 Å². The number of nitrogens with zero attached hydrogens (tertiary/aromatic N) is 1. The van der Waals surface area contributed by atoms with Crippen molar-refractivity contribution in [2.24, 2.45) is 0 Å². The van der Waals surface area contributed by atoms with Crippen molar-refractivity contribution in [1.82, 2.24) is 4.98 Å². The van der Waals surface area contributed by atoms with Crippen molar-refractivity contribution < 1.29 is 19.2 Å². The SMILES string of the molecule is CC(OC(=O)c1cc2ccccc2c(=O)[nH]1)C(=O)Nc1ccc([N+](=O)[O-])cc1. The molecule has 1 atom stereocenters. The van der Waals surface area contributed by atoms with Crippen LogP contribution in [0.4, 0.5) is 11.4 Å². The number of H-pyrrole nitrogens is 1. The number of hydrogen-bond donors (Lipinski definition) is 2. The van der Waals surface area contributed by atoms with Crippen LogP contribution >= 0.6 is 0 Å². The van der Waals surface area contributed by atoms with Crippen LogP contribution in [0.2, 0.25) is 0 Å². The van der Waals surface area contributed by atoms with Crippen molar-refractivity contribution in [3.8, 4) is 0 Å². The number of hydrogen-bond acceptors (Lipinski definition) is 6. The van der Waals surface area contributed by atoms with Gasteiger partial charge in [-0.1, -0.05) is 18.2 Å². The van der Waals surface area contributed by atoms with E-state index in [1.807, 2.05) is 0 Å². The van der Waals surface area contributed by atoms with Gasteiger partial charge >= 0.3 is 5.97 Å². The molecular weight excluding hydrogens is 366 g/mol. The molecule has 0 fully saturated rings. The first-order valence-corrected chi connectivity index (χ1v) is 8.23. The van der Waals surface area contributed by atoms with E-state index < -0.39 is 28.5 Å². The van der Waals surface area contributed by atoms with E-state index in [9.17, 15) is 24.5 Å². The first-order chi connectivity index (χ1) is 13.3. The molecule has 142 valence electrons. The van der Waals surface area contributed by atoms with E-state index >= 15 is 0 Å². The Hall–Kier alpha value is -4.01. The van der Waals surface area contributed by atoms with E-state index in [4.69, 9.17) is 4.74 Å². The number of non-ortho nitro benzene ring substituents is 1. The minimum Gasteiger partial charge on any atom is -0.448 e. The van der Waals surface area contributed by atoms with Crippen molar-refractivity contribution in [2.75, 3.05) is 5.32 Å². The van der Waals surface area contributed by atoms with Gasteiger partial charge < -0.3 is 15.0 Å². The van der Waals surface area contributed by atoms with E-state index in [1.165, 1.54) is 37.3 Å². The number of esters is 1. The average molecular weight is 381 g/mol. The van der Waals surface area contributed by atoms with E-state index in [2.05, 4.69) is 10.3 Å². The van der Waals surface area contributed by atoms with Crippen molar-refractivity contribution in [3.05, 3.63) is 80.8 Å². The molecule has 0 spiro atoms. The topological polar surface area (TPSA) is 131 Å². The summed E-state index contributed by atoms with van der Waals surface area (Å²) in [7, 11) is 0. The maximum atomic E-state index is 12.3. The molecule has 1 heterocycles. The summed E-state index contributed by atoms with van der Waals surface area (Å²) in [5, 5.41) is 14.1. The molecule has 2 N–H and O–H groups in total. The Morgan fingerprint density at radius 2 is 1.82 bits per heavy atom. The number of pyridine rings is 1. The number of amides is 1. The fourth-order valence-electron chi connectivity index (χ4n) is 2.51. The third kappa shape index (κ3) is 4.04. The maximum absolute atomic E-state index is 12.3. The minimum absolute atomic E-state index is 0.0707. The van der Waals surface area contributed by atoms with Gasteiger partial charge in [-0.25, -0.2) is 4.79 Å². The summed E-state index contributed by atoms with van der Waals surface area (Å²) in [4.78, 5) is 49.0. The van der Waals surface area contributed by atoms with Crippen molar-refractivity contribution in [2.45, 2.75) is 13.0 Å². The lowest BCUT2D eigenvalue weighted by Crippen LogP contribution is -2.30. The van der Waals surface area contributed by atoms with Gasteiger partial charge in [-0.3, -0.25) is 19.7 Å². The number of aromatic amines is 1. The van der Waals surface area contributed by atoms with E-state index in [-0.39, 0.29) is 11.4 Å². The van der Waals surface area contributed by atoms with E-state index in [0.29, 0.717) is 16.5 Å². The highest BCUT2D eigenvalue weighted by Crippen LogP contribution is 2.16. The number of carbonyl (C=O) groups excluding carboxylic acids is 2. The molecule has 28 heavy (non-hydrogen) atoms. The van der Waals surface area contributed by atoms with Gasteiger partial charge in [0.05, 0.1) is 4.92 Å². The zero-order valence-corrected chi connectivity index (χ0v) is 14.7. The summed E-state index contributed by atoms with van der Waals surface area (Å²) >= 11 is 0. The smallest absolute Gasteiger partial charge is 0.355 e. The molecule has 2 aromatic carbocycles. The lowest BCUT2D eigenvalue weighted by molar-refractivity contribution is -0.384. The van der Waals surface area contributed by atoms with Crippen LogP contribution in [0, 0.1) is 10.1 Å². The second-order valence-corrected chi connectivity index (χ2v) is 5.94. The Morgan fingerprint density at radius 1 is 1.14 bits per heavy atom. The van der Waals surface area contributed by atoms with Crippen molar-refractivity contribution in [3.63, 3.8) is 0 Å². The number of rotatable bonds is 5. The Morgan fingerprint density at radius 3 is 2.50 bits per heavy atom. The number of nitro groups is 1. The molecule has 9 heteroatoms. The zero-order valence-electron chi connectivity index (χ0n) is 14.7. The van der Waals surface area contributed by atoms with Gasteiger partial charge in [0.1, 0.15) is 5.69 Å². The highest BCUT2D eigenvalue weighted by molar-refractivity contribution is 5.98. The maximum Gasteiger partial charge on any atom is 0.355 e. The zero-order chi connectivity index (χ0) is 20.3. The van der Waals surface area contributed by atoms with Crippen LogP contribution in [0.3, 0.4) is 0 Å². The largest absolute Gasteiger partial charge is 0.448 e. The summed E-state index contributed by atoms with van der Waals surface area (Å²) in [5.41, 5.74) is -0.304. The summed E-state index contributed by atoms with van der Waals surface area (Å²) in [6.07, 6.45) is -1.15. The van der Waals surface area contributed by atoms with Gasteiger partial charge in [0.15, 0.2) is 6.10 Å². The highest BCUT2D eigenvalue weighted by Gasteiger charge is 2.20. The molecule has 0 aliphatic heterocycles. The lowest BCUT2D eigenvalue weighted by Gasteiger charge is -2.13. The number of aromatic nitrogens is 1. The molecule has 1 amide bonds. The Balaban J connectivity index is 1.69. The molecule has 0 bridgehead atoms. The molecule has 1 unspecified atom stereocenters. The molecule has 0 radical (unpaired) electrons. The van der Waals surface area contributed by atoms with E-state index in [0.717, 1.165) is 0 Å². The number of benzene rings is 2. The predicted molar refractivity (Wildman–Crippen MR) is 101 cm³/mol. The van der Waals surface area contributed by atoms with Gasteiger partial charge in [0.25, 0.3) is 17.2 Å². The van der Waals surface area contributed by atoms with Gasteiger partial charge in [0.2, 0.25) is 0 Å². The minimum atomic E-state index is -1.15. The summed E-state index contributed by atoms with van der Waals surface area (Å²) in [6.45, 7) is 1.37. The van der Waals surface area contributed by atoms with Crippen LogP contribution in [0.5, 0.6) is 0 Å². The summed E-state index contributed by atoms with van der Waals surface area (Å²) in [6, 6.07) is 13.4. The number of anilines is 1. The van der Waals surface area contributed by atoms with Gasteiger partial charge in [0, 0.05) is 23.2 Å². The molecule has 3 rings (SSSR count). The van der Waals surface area contributed by atoms with Crippen LogP contribution in [0.25, 0.3) is 10.8 Å². The monoisotopic (exact) mass is 381 g/mol. The number of fused-ring (bicyclic) bond motifs is 1. The van der Waals surface area contributed by atoms with Gasteiger partial charge in [-0.05, 0) is 36.6 Å². The molecule has 0 aliphatic rings.